The Morgan fingerprint density at radius 1 is 1.30 bits per heavy atom. The largest absolute Gasteiger partial charge is 0.374 e. The quantitative estimate of drug-likeness (QED) is 0.835. The van der Waals surface area contributed by atoms with Crippen molar-refractivity contribution in [2.45, 2.75) is 51.8 Å². The average Bonchev–Trinajstić information content (AvgIpc) is 3.19. The summed E-state index contributed by atoms with van der Waals surface area (Å²) in [5.74, 6) is 2.12. The highest BCUT2D eigenvalue weighted by Crippen LogP contribution is 2.38. The monoisotopic (exact) mass is 317 g/mol. The highest BCUT2D eigenvalue weighted by Gasteiger charge is 2.30. The van der Waals surface area contributed by atoms with Crippen LogP contribution in [0.25, 0.3) is 0 Å². The van der Waals surface area contributed by atoms with Crippen molar-refractivity contribution in [1.82, 2.24) is 24.8 Å². The van der Waals surface area contributed by atoms with Gasteiger partial charge >= 0.3 is 0 Å². The molecule has 0 amide bonds. The lowest BCUT2D eigenvalue weighted by Gasteiger charge is -2.32. The number of nitrogens with zero attached hydrogens (tertiary/aromatic N) is 5. The van der Waals surface area contributed by atoms with Gasteiger partial charge in [-0.1, -0.05) is 5.16 Å². The fourth-order valence-electron chi connectivity index (χ4n) is 3.11. The van der Waals surface area contributed by atoms with E-state index in [9.17, 15) is 0 Å². The Kier molecular flexibility index (Phi) is 3.90. The molecule has 1 atom stereocenters. The third kappa shape index (κ3) is 3.45. The topological polar surface area (TPSA) is 69.2 Å². The van der Waals surface area contributed by atoms with E-state index in [0.717, 1.165) is 50.2 Å². The molecule has 124 valence electrons. The molecular formula is C16H23N5O2. The van der Waals surface area contributed by atoms with E-state index in [4.69, 9.17) is 9.26 Å². The van der Waals surface area contributed by atoms with E-state index in [1.54, 1.807) is 0 Å². The van der Waals surface area contributed by atoms with Crippen molar-refractivity contribution in [2.75, 3.05) is 19.7 Å². The first-order valence-corrected chi connectivity index (χ1v) is 8.35. The zero-order chi connectivity index (χ0) is 15.8. The number of rotatable bonds is 5. The van der Waals surface area contributed by atoms with Crippen LogP contribution in [-0.4, -0.2) is 50.6 Å². The Balaban J connectivity index is 1.35. The van der Waals surface area contributed by atoms with Crippen LogP contribution in [0.3, 0.4) is 0 Å². The molecule has 4 rings (SSSR count). The van der Waals surface area contributed by atoms with E-state index in [1.807, 2.05) is 11.6 Å². The molecule has 1 saturated heterocycles. The van der Waals surface area contributed by atoms with Gasteiger partial charge in [-0.2, -0.15) is 10.1 Å². The van der Waals surface area contributed by atoms with Gasteiger partial charge in [-0.15, -0.1) is 0 Å². The first-order chi connectivity index (χ1) is 11.2. The standard InChI is InChI=1S/C16H23N5O2/c1-11-7-12(2)21(18-11)9-14-8-20(5-6-22-14)10-15-17-16(23-19-15)13-3-4-13/h7,13-14H,3-6,8-10H2,1-2H3/t14-/m1/s1. The highest BCUT2D eigenvalue weighted by atomic mass is 16.5. The van der Waals surface area contributed by atoms with Gasteiger partial charge in [0.2, 0.25) is 5.89 Å². The number of hydrogen-bond acceptors (Lipinski definition) is 6. The molecule has 2 aliphatic rings. The Morgan fingerprint density at radius 2 is 2.17 bits per heavy atom. The summed E-state index contributed by atoms with van der Waals surface area (Å²) in [5, 5.41) is 8.63. The van der Waals surface area contributed by atoms with Crippen LogP contribution in [-0.2, 0) is 17.8 Å². The maximum Gasteiger partial charge on any atom is 0.229 e. The normalized spacial score (nSPS) is 22.6. The van der Waals surface area contributed by atoms with Crippen LogP contribution in [0.5, 0.6) is 0 Å². The molecule has 0 aromatic carbocycles. The third-order valence-electron chi connectivity index (χ3n) is 4.48. The minimum absolute atomic E-state index is 0.150. The van der Waals surface area contributed by atoms with Gasteiger partial charge in [-0.05, 0) is 32.8 Å². The Labute approximate surface area is 135 Å². The van der Waals surface area contributed by atoms with Gasteiger partial charge in [0.15, 0.2) is 5.82 Å². The molecule has 0 bridgehead atoms. The number of hydrogen-bond donors (Lipinski definition) is 0. The third-order valence-corrected chi connectivity index (χ3v) is 4.48. The van der Waals surface area contributed by atoms with Crippen LogP contribution in [0.1, 0.15) is 41.9 Å². The molecule has 23 heavy (non-hydrogen) atoms. The summed E-state index contributed by atoms with van der Waals surface area (Å²) < 4.78 is 13.3. The van der Waals surface area contributed by atoms with Crippen molar-refractivity contribution >= 4 is 0 Å². The van der Waals surface area contributed by atoms with Gasteiger partial charge in [0.1, 0.15) is 0 Å². The molecule has 2 aromatic heterocycles. The predicted octanol–water partition coefficient (Wildman–Crippen LogP) is 1.66. The van der Waals surface area contributed by atoms with Gasteiger partial charge < -0.3 is 9.26 Å². The van der Waals surface area contributed by atoms with E-state index in [-0.39, 0.29) is 6.10 Å². The zero-order valence-electron chi connectivity index (χ0n) is 13.7. The summed E-state index contributed by atoms with van der Waals surface area (Å²) in [4.78, 5) is 6.85. The molecule has 7 nitrogen and oxygen atoms in total. The number of morpholine rings is 1. The van der Waals surface area contributed by atoms with Crippen molar-refractivity contribution in [1.29, 1.82) is 0 Å². The first kappa shape index (κ1) is 14.8. The van der Waals surface area contributed by atoms with E-state index in [0.29, 0.717) is 5.92 Å². The summed E-state index contributed by atoms with van der Waals surface area (Å²) in [6.07, 6.45) is 2.52. The number of ether oxygens (including phenoxy) is 1. The molecule has 1 aliphatic heterocycles. The molecular weight excluding hydrogens is 294 g/mol. The minimum Gasteiger partial charge on any atom is -0.374 e. The molecule has 2 fully saturated rings. The van der Waals surface area contributed by atoms with E-state index in [1.165, 1.54) is 18.5 Å². The smallest absolute Gasteiger partial charge is 0.229 e. The van der Waals surface area contributed by atoms with Gasteiger partial charge in [0.05, 0.1) is 31.5 Å². The number of aromatic nitrogens is 4. The van der Waals surface area contributed by atoms with Gasteiger partial charge in [0, 0.05) is 24.7 Å². The lowest BCUT2D eigenvalue weighted by Crippen LogP contribution is -2.44. The van der Waals surface area contributed by atoms with Gasteiger partial charge in [-0.25, -0.2) is 0 Å². The first-order valence-electron chi connectivity index (χ1n) is 8.35. The molecule has 0 spiro atoms. The van der Waals surface area contributed by atoms with E-state index < -0.39 is 0 Å². The second-order valence-electron chi connectivity index (χ2n) is 6.66. The lowest BCUT2D eigenvalue weighted by molar-refractivity contribution is -0.0413. The van der Waals surface area contributed by atoms with Crippen molar-refractivity contribution in [3.8, 4) is 0 Å². The minimum atomic E-state index is 0.150. The molecule has 1 aliphatic carbocycles. The summed E-state index contributed by atoms with van der Waals surface area (Å²) >= 11 is 0. The van der Waals surface area contributed by atoms with Gasteiger partial charge in [0.25, 0.3) is 0 Å². The van der Waals surface area contributed by atoms with Crippen molar-refractivity contribution in [3.63, 3.8) is 0 Å². The fraction of sp³-hybridized carbons (Fsp3) is 0.688. The molecule has 2 aromatic rings. The van der Waals surface area contributed by atoms with E-state index in [2.05, 4.69) is 33.1 Å². The van der Waals surface area contributed by atoms with E-state index >= 15 is 0 Å². The lowest BCUT2D eigenvalue weighted by atomic mass is 10.2. The summed E-state index contributed by atoms with van der Waals surface area (Å²) in [6, 6.07) is 2.10. The predicted molar refractivity (Wildman–Crippen MR) is 83.0 cm³/mol. The Morgan fingerprint density at radius 3 is 2.91 bits per heavy atom. The maximum atomic E-state index is 5.90. The SMILES string of the molecule is Cc1cc(C)n(C[C@H]2CN(Cc3noc(C4CC4)n3)CCO2)n1. The van der Waals surface area contributed by atoms with Crippen LogP contribution in [0.4, 0.5) is 0 Å². The van der Waals surface area contributed by atoms with Crippen LogP contribution in [0.15, 0.2) is 10.6 Å². The van der Waals surface area contributed by atoms with Crippen LogP contribution < -0.4 is 0 Å². The maximum absolute atomic E-state index is 5.90. The molecule has 0 N–H and O–H groups in total. The number of aryl methyl sites for hydroxylation is 2. The second-order valence-corrected chi connectivity index (χ2v) is 6.66. The Hall–Kier alpha value is -1.73. The average molecular weight is 317 g/mol. The highest BCUT2D eigenvalue weighted by molar-refractivity contribution is 5.06. The molecule has 3 heterocycles. The summed E-state index contributed by atoms with van der Waals surface area (Å²) in [6.45, 7) is 8.12. The zero-order valence-corrected chi connectivity index (χ0v) is 13.7. The van der Waals surface area contributed by atoms with Crippen molar-refractivity contribution < 1.29 is 9.26 Å². The molecule has 1 saturated carbocycles. The molecule has 7 heteroatoms. The van der Waals surface area contributed by atoms with Crippen molar-refractivity contribution in [3.05, 3.63) is 29.2 Å². The summed E-state index contributed by atoms with van der Waals surface area (Å²) in [5.41, 5.74) is 2.23. The fourth-order valence-corrected chi connectivity index (χ4v) is 3.11. The summed E-state index contributed by atoms with van der Waals surface area (Å²) in [7, 11) is 0. The van der Waals surface area contributed by atoms with Crippen LogP contribution in [0, 0.1) is 13.8 Å². The van der Waals surface area contributed by atoms with Gasteiger partial charge in [-0.3, -0.25) is 9.58 Å². The Bertz CT molecular complexity index is 676. The van der Waals surface area contributed by atoms with Crippen LogP contribution >= 0.6 is 0 Å². The second kappa shape index (κ2) is 6.05. The molecule has 0 unspecified atom stereocenters. The van der Waals surface area contributed by atoms with Crippen LogP contribution in [0.2, 0.25) is 0 Å². The molecule has 0 radical (unpaired) electrons. The van der Waals surface area contributed by atoms with Crippen molar-refractivity contribution in [2.24, 2.45) is 0 Å².